The van der Waals surface area contributed by atoms with Gasteiger partial charge in [-0.15, -0.1) is 11.3 Å². The Hall–Kier alpha value is -6.68. The van der Waals surface area contributed by atoms with Gasteiger partial charge in [0.1, 0.15) is 0 Å². The van der Waals surface area contributed by atoms with Gasteiger partial charge < -0.3 is 9.13 Å². The van der Waals surface area contributed by atoms with Gasteiger partial charge in [0, 0.05) is 52.8 Å². The summed E-state index contributed by atoms with van der Waals surface area (Å²) in [6.45, 7) is 0. The molecule has 0 radical (unpaired) electrons. The van der Waals surface area contributed by atoms with E-state index in [-0.39, 0.29) is 0 Å². The summed E-state index contributed by atoms with van der Waals surface area (Å²) in [5.41, 5.74) is 9.79. The third-order valence-corrected chi connectivity index (χ3v) is 12.4. The molecule has 0 aliphatic heterocycles. The van der Waals surface area contributed by atoms with Crippen LogP contribution >= 0.6 is 11.3 Å². The third-order valence-electron chi connectivity index (χ3n) is 11.3. The number of hydrogen-bond donors (Lipinski definition) is 0. The lowest BCUT2D eigenvalue weighted by molar-refractivity contribution is 1.19. The molecule has 0 unspecified atom stereocenters. The standard InChI is InChI=1S/C50H30N2S/c1-2-14-33-28-35(26-24-31(33)12-1)51-43-20-8-5-17-37(43)41-29-34(25-27-45(41)51)40-30-47-49(39-19-7-10-23-46(39)53-47)50-48(40)38-18-6-9-21-44(38)52(50)42-22-11-15-32-13-3-4-16-36(32)42/h1-30H. The Labute approximate surface area is 309 Å². The minimum Gasteiger partial charge on any atom is -0.309 e. The third kappa shape index (κ3) is 4.08. The lowest BCUT2D eigenvalue weighted by Gasteiger charge is -2.14. The monoisotopic (exact) mass is 690 g/mol. The highest BCUT2D eigenvalue weighted by atomic mass is 32.1. The van der Waals surface area contributed by atoms with Crippen LogP contribution in [0.1, 0.15) is 0 Å². The fourth-order valence-electron chi connectivity index (χ4n) is 8.98. The topological polar surface area (TPSA) is 9.86 Å². The molecule has 0 fully saturated rings. The quantitative estimate of drug-likeness (QED) is 0.175. The van der Waals surface area contributed by atoms with Crippen molar-refractivity contribution < 1.29 is 0 Å². The van der Waals surface area contributed by atoms with E-state index in [9.17, 15) is 0 Å². The zero-order valence-electron chi connectivity index (χ0n) is 28.6. The summed E-state index contributed by atoms with van der Waals surface area (Å²) in [5.74, 6) is 0. The van der Waals surface area contributed by atoms with Crippen molar-refractivity contribution in [3.63, 3.8) is 0 Å². The largest absolute Gasteiger partial charge is 0.309 e. The molecule has 0 aliphatic rings. The van der Waals surface area contributed by atoms with Gasteiger partial charge in [0.05, 0.1) is 27.8 Å². The van der Waals surface area contributed by atoms with E-state index in [4.69, 9.17) is 0 Å². The summed E-state index contributed by atoms with van der Waals surface area (Å²) in [7, 11) is 0. The van der Waals surface area contributed by atoms with Crippen LogP contribution in [0.3, 0.4) is 0 Å². The van der Waals surface area contributed by atoms with Crippen molar-refractivity contribution in [2.24, 2.45) is 0 Å². The highest BCUT2D eigenvalue weighted by Crippen LogP contribution is 2.48. The van der Waals surface area contributed by atoms with Crippen LogP contribution in [0.2, 0.25) is 0 Å². The number of para-hydroxylation sites is 2. The molecule has 3 heterocycles. The highest BCUT2D eigenvalue weighted by molar-refractivity contribution is 7.26. The molecular weight excluding hydrogens is 661 g/mol. The molecule has 246 valence electrons. The molecule has 3 aromatic heterocycles. The van der Waals surface area contributed by atoms with Crippen molar-refractivity contribution in [3.8, 4) is 22.5 Å². The van der Waals surface area contributed by atoms with E-state index < -0.39 is 0 Å². The van der Waals surface area contributed by atoms with Crippen LogP contribution in [-0.2, 0) is 0 Å². The van der Waals surface area contributed by atoms with Gasteiger partial charge >= 0.3 is 0 Å². The van der Waals surface area contributed by atoms with Crippen LogP contribution in [0.5, 0.6) is 0 Å². The summed E-state index contributed by atoms with van der Waals surface area (Å²) in [4.78, 5) is 0. The number of thiophene rings is 1. The van der Waals surface area contributed by atoms with Crippen molar-refractivity contribution in [2.45, 2.75) is 0 Å². The Balaban J connectivity index is 1.21. The number of hydrogen-bond acceptors (Lipinski definition) is 1. The zero-order valence-corrected chi connectivity index (χ0v) is 29.4. The Bertz CT molecular complexity index is 3460. The molecule has 3 heteroatoms. The average Bonchev–Trinajstić information content (AvgIpc) is 3.87. The number of rotatable bonds is 3. The van der Waals surface area contributed by atoms with Crippen LogP contribution in [0, 0.1) is 0 Å². The molecule has 12 aromatic rings. The summed E-state index contributed by atoms with van der Waals surface area (Å²) in [5, 5.41) is 12.7. The van der Waals surface area contributed by atoms with Gasteiger partial charge in [-0.05, 0) is 81.9 Å². The molecule has 0 saturated carbocycles. The Kier molecular flexibility index (Phi) is 5.96. The van der Waals surface area contributed by atoms with E-state index in [1.54, 1.807) is 0 Å². The first-order valence-corrected chi connectivity index (χ1v) is 19.0. The van der Waals surface area contributed by atoms with Gasteiger partial charge in [0.15, 0.2) is 0 Å². The van der Waals surface area contributed by atoms with Gasteiger partial charge in [-0.2, -0.15) is 0 Å². The first kappa shape index (κ1) is 29.0. The average molecular weight is 691 g/mol. The molecule has 0 atom stereocenters. The van der Waals surface area contributed by atoms with Gasteiger partial charge in [-0.25, -0.2) is 0 Å². The molecule has 12 rings (SSSR count). The number of aromatic nitrogens is 2. The van der Waals surface area contributed by atoms with Crippen LogP contribution in [0.4, 0.5) is 0 Å². The minimum absolute atomic E-state index is 1.18. The second-order valence-corrected chi connectivity index (χ2v) is 15.2. The lowest BCUT2D eigenvalue weighted by atomic mass is 9.95. The Morgan fingerprint density at radius 1 is 0.358 bits per heavy atom. The van der Waals surface area contributed by atoms with E-state index in [0.717, 1.165) is 0 Å². The van der Waals surface area contributed by atoms with Gasteiger partial charge in [0.25, 0.3) is 0 Å². The molecule has 9 aromatic carbocycles. The first-order valence-electron chi connectivity index (χ1n) is 18.2. The van der Waals surface area contributed by atoms with E-state index >= 15 is 0 Å². The lowest BCUT2D eigenvalue weighted by Crippen LogP contribution is -1.96. The maximum atomic E-state index is 2.54. The van der Waals surface area contributed by atoms with Crippen molar-refractivity contribution in [1.82, 2.24) is 9.13 Å². The van der Waals surface area contributed by atoms with E-state index in [1.165, 1.54) is 108 Å². The summed E-state index contributed by atoms with van der Waals surface area (Å²) in [6.07, 6.45) is 0. The van der Waals surface area contributed by atoms with Gasteiger partial charge in [-0.1, -0.05) is 127 Å². The second kappa shape index (κ2) is 10.9. The van der Waals surface area contributed by atoms with Crippen molar-refractivity contribution in [2.75, 3.05) is 0 Å². The molecule has 53 heavy (non-hydrogen) atoms. The second-order valence-electron chi connectivity index (χ2n) is 14.1. The molecule has 0 saturated heterocycles. The summed E-state index contributed by atoms with van der Waals surface area (Å²) < 4.78 is 7.58. The van der Waals surface area contributed by atoms with E-state index in [1.807, 2.05) is 11.3 Å². The molecule has 0 amide bonds. The van der Waals surface area contributed by atoms with Gasteiger partial charge in [-0.3, -0.25) is 0 Å². The highest BCUT2D eigenvalue weighted by Gasteiger charge is 2.23. The zero-order chi connectivity index (χ0) is 34.6. The molecular formula is C50H30N2S. The predicted octanol–water partition coefficient (Wildman–Crippen LogP) is 14.2. The maximum Gasteiger partial charge on any atom is 0.0640 e. The molecule has 0 bridgehead atoms. The predicted molar refractivity (Wildman–Crippen MR) is 228 cm³/mol. The molecule has 0 N–H and O–H groups in total. The molecule has 0 aliphatic carbocycles. The maximum absolute atomic E-state index is 2.54. The van der Waals surface area contributed by atoms with Gasteiger partial charge in [0.2, 0.25) is 0 Å². The van der Waals surface area contributed by atoms with Crippen molar-refractivity contribution in [1.29, 1.82) is 0 Å². The number of benzene rings is 9. The first-order chi connectivity index (χ1) is 26.3. The molecule has 0 spiro atoms. The fourth-order valence-corrected chi connectivity index (χ4v) is 10.1. The number of fused-ring (bicyclic) bond motifs is 12. The molecule has 2 nitrogen and oxygen atoms in total. The Morgan fingerprint density at radius 3 is 1.89 bits per heavy atom. The van der Waals surface area contributed by atoms with E-state index in [2.05, 4.69) is 191 Å². The SMILES string of the molecule is c1ccc2cc(-n3c4ccccc4c4cc(-c5cc6sc7ccccc7c6c6c5c5ccccc5n6-c5cccc6ccccc56)ccc43)ccc2c1. The smallest absolute Gasteiger partial charge is 0.0640 e. The van der Waals surface area contributed by atoms with E-state index in [0.29, 0.717) is 0 Å². The fraction of sp³-hybridized carbons (Fsp3) is 0. The normalized spacial score (nSPS) is 12.2. The Morgan fingerprint density at radius 2 is 1.02 bits per heavy atom. The number of nitrogens with zero attached hydrogens (tertiary/aromatic N) is 2. The van der Waals surface area contributed by atoms with Crippen LogP contribution in [0.25, 0.3) is 108 Å². The van der Waals surface area contributed by atoms with Crippen molar-refractivity contribution in [3.05, 3.63) is 182 Å². The van der Waals surface area contributed by atoms with Crippen molar-refractivity contribution >= 4 is 96.7 Å². The van der Waals surface area contributed by atoms with Crippen LogP contribution < -0.4 is 0 Å². The minimum atomic E-state index is 1.18. The summed E-state index contributed by atoms with van der Waals surface area (Å²) in [6, 6.07) is 67.2. The van der Waals surface area contributed by atoms with Crippen LogP contribution in [-0.4, -0.2) is 9.13 Å². The van der Waals surface area contributed by atoms with Crippen LogP contribution in [0.15, 0.2) is 182 Å². The summed E-state index contributed by atoms with van der Waals surface area (Å²) >= 11 is 1.89.